The van der Waals surface area contributed by atoms with E-state index in [1.807, 2.05) is 55.5 Å². The minimum absolute atomic E-state index is 0.0897. The molecule has 0 aromatic heterocycles. The molecule has 2 atom stereocenters. The van der Waals surface area contributed by atoms with Gasteiger partial charge < -0.3 is 10.1 Å². The Labute approximate surface area is 178 Å². The number of amides is 1. The molecule has 30 heavy (non-hydrogen) atoms. The predicted octanol–water partition coefficient (Wildman–Crippen LogP) is 5.35. The van der Waals surface area contributed by atoms with Gasteiger partial charge in [-0.3, -0.25) is 10.1 Å². The molecule has 154 valence electrons. The number of carbonyl (C=O) groups excluding carboxylic acids is 1. The smallest absolute Gasteiger partial charge is 0.246 e. The second-order valence-electron chi connectivity index (χ2n) is 7.85. The summed E-state index contributed by atoms with van der Waals surface area (Å²) < 4.78 is 5.45. The Balaban J connectivity index is 1.63. The Morgan fingerprint density at radius 1 is 1.03 bits per heavy atom. The lowest BCUT2D eigenvalue weighted by atomic mass is 9.87. The number of ether oxygens (including phenoxy) is 1. The van der Waals surface area contributed by atoms with E-state index in [4.69, 9.17) is 4.74 Å². The van der Waals surface area contributed by atoms with Crippen LogP contribution in [0, 0.1) is 6.92 Å². The predicted molar refractivity (Wildman–Crippen MR) is 121 cm³/mol. The monoisotopic (exact) mass is 400 g/mol. The van der Waals surface area contributed by atoms with Gasteiger partial charge >= 0.3 is 0 Å². The molecule has 0 fully saturated rings. The topological polar surface area (TPSA) is 50.4 Å². The Bertz CT molecular complexity index is 1020. The maximum absolute atomic E-state index is 13.4. The van der Waals surface area contributed by atoms with Crippen molar-refractivity contribution in [2.45, 2.75) is 38.3 Å². The van der Waals surface area contributed by atoms with Crippen LogP contribution in [0.4, 0.5) is 5.69 Å². The fraction of sp³-hybridized carbons (Fsp3) is 0.269. The number of methoxy groups -OCH3 is 1. The molecule has 4 heteroatoms. The summed E-state index contributed by atoms with van der Waals surface area (Å²) in [5.74, 6) is 0.567. The number of benzene rings is 3. The molecular weight excluding hydrogens is 372 g/mol. The van der Waals surface area contributed by atoms with Gasteiger partial charge in [0.2, 0.25) is 5.91 Å². The zero-order valence-corrected chi connectivity index (χ0v) is 17.5. The molecule has 4 nitrogen and oxygen atoms in total. The van der Waals surface area contributed by atoms with Crippen LogP contribution in [0.2, 0.25) is 0 Å². The number of carbonyl (C=O) groups is 1. The molecule has 2 unspecified atom stereocenters. The third-order valence-corrected chi connectivity index (χ3v) is 5.75. The highest BCUT2D eigenvalue weighted by molar-refractivity contribution is 5.97. The van der Waals surface area contributed by atoms with E-state index >= 15 is 0 Å². The van der Waals surface area contributed by atoms with Crippen LogP contribution in [-0.2, 0) is 11.2 Å². The maximum atomic E-state index is 13.4. The first-order chi connectivity index (χ1) is 14.7. The molecule has 0 radical (unpaired) electrons. The summed E-state index contributed by atoms with van der Waals surface area (Å²) in [5, 5.41) is 6.74. The average molecular weight is 401 g/mol. The molecule has 0 bridgehead atoms. The largest absolute Gasteiger partial charge is 0.495 e. The third-order valence-electron chi connectivity index (χ3n) is 5.75. The highest BCUT2D eigenvalue weighted by atomic mass is 16.5. The molecular formula is C26H28N2O2. The van der Waals surface area contributed by atoms with E-state index < -0.39 is 6.04 Å². The van der Waals surface area contributed by atoms with Crippen molar-refractivity contribution >= 4 is 11.6 Å². The summed E-state index contributed by atoms with van der Waals surface area (Å²) in [6.45, 7) is 2.00. The van der Waals surface area contributed by atoms with Gasteiger partial charge in [-0.05, 0) is 60.6 Å². The zero-order valence-electron chi connectivity index (χ0n) is 17.5. The average Bonchev–Trinajstić information content (AvgIpc) is 2.78. The van der Waals surface area contributed by atoms with Crippen molar-refractivity contribution in [1.82, 2.24) is 5.32 Å². The second kappa shape index (κ2) is 9.14. The van der Waals surface area contributed by atoms with Gasteiger partial charge in [0.1, 0.15) is 11.8 Å². The van der Waals surface area contributed by atoms with Crippen LogP contribution < -0.4 is 15.4 Å². The molecule has 3 aromatic rings. The number of hydrogen-bond acceptors (Lipinski definition) is 3. The van der Waals surface area contributed by atoms with Crippen LogP contribution in [0.1, 0.15) is 47.2 Å². The minimum atomic E-state index is -0.465. The fourth-order valence-electron chi connectivity index (χ4n) is 4.22. The molecule has 1 aliphatic carbocycles. The lowest BCUT2D eigenvalue weighted by Gasteiger charge is -2.30. The summed E-state index contributed by atoms with van der Waals surface area (Å²) in [7, 11) is 1.62. The molecule has 0 aliphatic heterocycles. The van der Waals surface area contributed by atoms with Crippen LogP contribution in [0.3, 0.4) is 0 Å². The van der Waals surface area contributed by atoms with E-state index in [0.717, 1.165) is 30.4 Å². The number of nitrogens with one attached hydrogen (secondary N) is 2. The van der Waals surface area contributed by atoms with E-state index in [1.54, 1.807) is 7.11 Å². The van der Waals surface area contributed by atoms with Crippen molar-refractivity contribution in [2.24, 2.45) is 0 Å². The number of hydrogen-bond donors (Lipinski definition) is 2. The number of fused-ring (bicyclic) bond motifs is 1. The Hall–Kier alpha value is -3.11. The van der Waals surface area contributed by atoms with Crippen LogP contribution in [0.25, 0.3) is 0 Å². The maximum Gasteiger partial charge on any atom is 0.246 e. The Morgan fingerprint density at radius 3 is 2.60 bits per heavy atom. The minimum Gasteiger partial charge on any atom is -0.495 e. The number of anilines is 1. The summed E-state index contributed by atoms with van der Waals surface area (Å²) >= 11 is 0. The summed E-state index contributed by atoms with van der Waals surface area (Å²) in [4.78, 5) is 13.4. The first kappa shape index (κ1) is 20.2. The lowest BCUT2D eigenvalue weighted by Crippen LogP contribution is -2.36. The van der Waals surface area contributed by atoms with E-state index in [0.29, 0.717) is 11.4 Å². The first-order valence-corrected chi connectivity index (χ1v) is 10.5. The van der Waals surface area contributed by atoms with Gasteiger partial charge in [-0.15, -0.1) is 0 Å². The summed E-state index contributed by atoms with van der Waals surface area (Å²) in [5.41, 5.74) is 5.37. The van der Waals surface area contributed by atoms with E-state index in [1.165, 1.54) is 11.1 Å². The van der Waals surface area contributed by atoms with Crippen LogP contribution >= 0.6 is 0 Å². The standard InChI is InChI=1S/C26H28N2O2/c1-18-15-16-24(30-2)23(17-18)28-26(29)25(20-10-4-3-5-11-20)27-22-14-8-12-19-9-6-7-13-21(19)22/h3-7,9-11,13,15-17,22,25,27H,8,12,14H2,1-2H3,(H,28,29). The molecule has 0 saturated carbocycles. The van der Waals surface area contributed by atoms with E-state index in [-0.39, 0.29) is 11.9 Å². The highest BCUT2D eigenvalue weighted by Gasteiger charge is 2.28. The molecule has 1 amide bonds. The van der Waals surface area contributed by atoms with Gasteiger partial charge in [0.05, 0.1) is 12.8 Å². The summed E-state index contributed by atoms with van der Waals surface area (Å²) in [6, 6.07) is 23.9. The van der Waals surface area contributed by atoms with Crippen molar-refractivity contribution in [3.63, 3.8) is 0 Å². The Morgan fingerprint density at radius 2 is 1.80 bits per heavy atom. The highest BCUT2D eigenvalue weighted by Crippen LogP contribution is 2.33. The molecule has 2 N–H and O–H groups in total. The van der Waals surface area contributed by atoms with Crippen molar-refractivity contribution in [3.05, 3.63) is 95.1 Å². The molecule has 1 aliphatic rings. The normalized spacial score (nSPS) is 16.4. The first-order valence-electron chi connectivity index (χ1n) is 10.5. The van der Waals surface area contributed by atoms with Crippen molar-refractivity contribution in [2.75, 3.05) is 12.4 Å². The second-order valence-corrected chi connectivity index (χ2v) is 7.85. The van der Waals surface area contributed by atoms with Gasteiger partial charge in [-0.1, -0.05) is 60.7 Å². The molecule has 4 rings (SSSR count). The Kier molecular flexibility index (Phi) is 6.15. The van der Waals surface area contributed by atoms with Gasteiger partial charge in [0.15, 0.2) is 0 Å². The third kappa shape index (κ3) is 4.39. The molecule has 0 heterocycles. The van der Waals surface area contributed by atoms with Crippen LogP contribution in [0.15, 0.2) is 72.8 Å². The van der Waals surface area contributed by atoms with E-state index in [9.17, 15) is 4.79 Å². The summed E-state index contributed by atoms with van der Waals surface area (Å²) in [6.07, 6.45) is 3.22. The van der Waals surface area contributed by atoms with Crippen LogP contribution in [0.5, 0.6) is 5.75 Å². The van der Waals surface area contributed by atoms with Gasteiger partial charge in [0, 0.05) is 6.04 Å². The number of aryl methyl sites for hydroxylation is 2. The molecule has 0 spiro atoms. The zero-order chi connectivity index (χ0) is 20.9. The number of rotatable bonds is 6. The fourth-order valence-corrected chi connectivity index (χ4v) is 4.22. The van der Waals surface area contributed by atoms with E-state index in [2.05, 4.69) is 34.9 Å². The molecule has 0 saturated heterocycles. The van der Waals surface area contributed by atoms with Crippen molar-refractivity contribution in [3.8, 4) is 5.75 Å². The van der Waals surface area contributed by atoms with Gasteiger partial charge in [-0.25, -0.2) is 0 Å². The lowest BCUT2D eigenvalue weighted by molar-refractivity contribution is -0.118. The SMILES string of the molecule is COc1ccc(C)cc1NC(=O)C(NC1CCCc2ccccc21)c1ccccc1. The van der Waals surface area contributed by atoms with Crippen molar-refractivity contribution in [1.29, 1.82) is 0 Å². The van der Waals surface area contributed by atoms with Gasteiger partial charge in [0.25, 0.3) is 0 Å². The quantitative estimate of drug-likeness (QED) is 0.586. The van der Waals surface area contributed by atoms with Crippen molar-refractivity contribution < 1.29 is 9.53 Å². The van der Waals surface area contributed by atoms with Crippen LogP contribution in [-0.4, -0.2) is 13.0 Å². The molecule has 3 aromatic carbocycles. The van der Waals surface area contributed by atoms with Gasteiger partial charge in [-0.2, -0.15) is 0 Å².